The van der Waals surface area contributed by atoms with Gasteiger partial charge in [-0.15, -0.1) is 0 Å². The van der Waals surface area contributed by atoms with Crippen LogP contribution in [0.15, 0.2) is 36.4 Å². The van der Waals surface area contributed by atoms with Crippen LogP contribution in [0.1, 0.15) is 28.0 Å². The smallest absolute Gasteiger partial charge is 0.256 e. The minimum atomic E-state index is -0.189. The summed E-state index contributed by atoms with van der Waals surface area (Å²) in [5.74, 6) is -0.189. The van der Waals surface area contributed by atoms with Gasteiger partial charge in [-0.3, -0.25) is 9.78 Å². The SMILES string of the molecule is O=C(Nc1ccc(Cl)c(Cl)c1)c1c2c(nc3ccc(Cl)cc13)CCC2. The molecule has 2 aromatic carbocycles. The monoisotopic (exact) mass is 390 g/mol. The van der Waals surface area contributed by atoms with E-state index in [2.05, 4.69) is 5.32 Å². The molecule has 4 rings (SSSR count). The minimum Gasteiger partial charge on any atom is -0.322 e. The van der Waals surface area contributed by atoms with E-state index >= 15 is 0 Å². The molecule has 0 saturated heterocycles. The largest absolute Gasteiger partial charge is 0.322 e. The van der Waals surface area contributed by atoms with Crippen molar-refractivity contribution in [2.75, 3.05) is 5.32 Å². The predicted octanol–water partition coefficient (Wildman–Crippen LogP) is 5.94. The number of aromatic nitrogens is 1. The molecule has 0 aliphatic heterocycles. The van der Waals surface area contributed by atoms with Crippen molar-refractivity contribution in [1.82, 2.24) is 4.98 Å². The Balaban J connectivity index is 1.83. The van der Waals surface area contributed by atoms with Crippen LogP contribution in [-0.4, -0.2) is 10.9 Å². The first-order valence-corrected chi connectivity index (χ1v) is 9.04. The lowest BCUT2D eigenvalue weighted by Crippen LogP contribution is -2.15. The molecule has 0 bridgehead atoms. The van der Waals surface area contributed by atoms with Crippen molar-refractivity contribution >= 4 is 57.3 Å². The van der Waals surface area contributed by atoms with Crippen LogP contribution < -0.4 is 5.32 Å². The van der Waals surface area contributed by atoms with Crippen molar-refractivity contribution in [2.45, 2.75) is 19.3 Å². The molecule has 1 heterocycles. The van der Waals surface area contributed by atoms with E-state index in [9.17, 15) is 4.79 Å². The molecule has 0 unspecified atom stereocenters. The minimum absolute atomic E-state index is 0.189. The number of rotatable bonds is 2. The summed E-state index contributed by atoms with van der Waals surface area (Å²) in [6.07, 6.45) is 2.73. The van der Waals surface area contributed by atoms with Gasteiger partial charge in [0, 0.05) is 21.8 Å². The number of hydrogen-bond donors (Lipinski definition) is 1. The van der Waals surface area contributed by atoms with Gasteiger partial charge in [0.1, 0.15) is 0 Å². The van der Waals surface area contributed by atoms with Crippen LogP contribution in [0.3, 0.4) is 0 Å². The van der Waals surface area contributed by atoms with Gasteiger partial charge in [-0.05, 0) is 61.2 Å². The van der Waals surface area contributed by atoms with Crippen LogP contribution in [0.25, 0.3) is 10.9 Å². The third-order valence-corrected chi connectivity index (χ3v) is 5.35. The van der Waals surface area contributed by atoms with Crippen LogP contribution in [-0.2, 0) is 12.8 Å². The summed E-state index contributed by atoms with van der Waals surface area (Å²) in [5, 5.41) is 5.11. The van der Waals surface area contributed by atoms with Crippen molar-refractivity contribution in [2.24, 2.45) is 0 Å². The summed E-state index contributed by atoms with van der Waals surface area (Å²) in [7, 11) is 0. The van der Waals surface area contributed by atoms with Gasteiger partial charge < -0.3 is 5.32 Å². The van der Waals surface area contributed by atoms with Gasteiger partial charge in [-0.25, -0.2) is 0 Å². The Bertz CT molecular complexity index is 1020. The molecular formula is C19H13Cl3N2O. The lowest BCUT2D eigenvalue weighted by molar-refractivity contribution is 0.102. The van der Waals surface area contributed by atoms with Crippen LogP contribution in [0.2, 0.25) is 15.1 Å². The summed E-state index contributed by atoms with van der Waals surface area (Å²) in [6.45, 7) is 0. The molecule has 1 aromatic heterocycles. The topological polar surface area (TPSA) is 42.0 Å². The molecule has 0 radical (unpaired) electrons. The first-order valence-electron chi connectivity index (χ1n) is 7.90. The Morgan fingerprint density at radius 2 is 1.84 bits per heavy atom. The Kier molecular flexibility index (Phi) is 4.32. The van der Waals surface area contributed by atoms with Crippen LogP contribution in [0.4, 0.5) is 5.69 Å². The molecule has 1 N–H and O–H groups in total. The number of hydrogen-bond acceptors (Lipinski definition) is 2. The van der Waals surface area contributed by atoms with Gasteiger partial charge in [0.05, 0.1) is 21.1 Å². The molecule has 0 saturated carbocycles. The first kappa shape index (κ1) is 16.6. The zero-order valence-corrected chi connectivity index (χ0v) is 15.3. The second-order valence-corrected chi connectivity index (χ2v) is 7.26. The molecule has 3 nitrogen and oxygen atoms in total. The van der Waals surface area contributed by atoms with Gasteiger partial charge in [-0.1, -0.05) is 34.8 Å². The maximum atomic E-state index is 13.0. The predicted molar refractivity (Wildman–Crippen MR) is 103 cm³/mol. The van der Waals surface area contributed by atoms with Gasteiger partial charge in [0.15, 0.2) is 0 Å². The van der Waals surface area contributed by atoms with E-state index in [1.54, 1.807) is 30.3 Å². The number of fused-ring (bicyclic) bond motifs is 2. The molecule has 25 heavy (non-hydrogen) atoms. The molecular weight excluding hydrogens is 379 g/mol. The Morgan fingerprint density at radius 3 is 2.64 bits per heavy atom. The van der Waals surface area contributed by atoms with E-state index in [-0.39, 0.29) is 5.91 Å². The number of nitrogens with one attached hydrogen (secondary N) is 1. The zero-order chi connectivity index (χ0) is 17.6. The lowest BCUT2D eigenvalue weighted by Gasteiger charge is -2.13. The number of carbonyl (C=O) groups excluding carboxylic acids is 1. The third kappa shape index (κ3) is 3.08. The number of amides is 1. The molecule has 0 atom stereocenters. The van der Waals surface area contributed by atoms with E-state index in [0.29, 0.717) is 26.3 Å². The van der Waals surface area contributed by atoms with Gasteiger partial charge in [0.2, 0.25) is 0 Å². The van der Waals surface area contributed by atoms with Gasteiger partial charge in [0.25, 0.3) is 5.91 Å². The molecule has 6 heteroatoms. The summed E-state index contributed by atoms with van der Waals surface area (Å²) >= 11 is 18.1. The van der Waals surface area contributed by atoms with E-state index < -0.39 is 0 Å². The fourth-order valence-corrected chi connectivity index (χ4v) is 3.73. The summed E-state index contributed by atoms with van der Waals surface area (Å²) in [5.41, 5.74) is 4.02. The summed E-state index contributed by atoms with van der Waals surface area (Å²) in [4.78, 5) is 17.7. The Hall–Kier alpha value is -1.81. The molecule has 0 spiro atoms. The number of halogens is 3. The maximum Gasteiger partial charge on any atom is 0.256 e. The first-order chi connectivity index (χ1) is 12.0. The maximum absolute atomic E-state index is 13.0. The van der Waals surface area contributed by atoms with Crippen molar-refractivity contribution in [3.8, 4) is 0 Å². The number of aryl methyl sites for hydroxylation is 1. The highest BCUT2D eigenvalue weighted by Gasteiger charge is 2.24. The van der Waals surface area contributed by atoms with Crippen LogP contribution in [0.5, 0.6) is 0 Å². The summed E-state index contributed by atoms with van der Waals surface area (Å²) < 4.78 is 0. The number of nitrogens with zero attached hydrogens (tertiary/aromatic N) is 1. The molecule has 0 fully saturated rings. The summed E-state index contributed by atoms with van der Waals surface area (Å²) in [6, 6.07) is 10.5. The third-order valence-electron chi connectivity index (χ3n) is 4.38. The quantitative estimate of drug-likeness (QED) is 0.587. The second-order valence-electron chi connectivity index (χ2n) is 6.01. The molecule has 3 aromatic rings. The van der Waals surface area contributed by atoms with Crippen LogP contribution in [0, 0.1) is 0 Å². The highest BCUT2D eigenvalue weighted by Crippen LogP contribution is 2.32. The van der Waals surface area contributed by atoms with E-state index in [4.69, 9.17) is 39.8 Å². The highest BCUT2D eigenvalue weighted by molar-refractivity contribution is 6.42. The number of carbonyl (C=O) groups is 1. The Labute approximate surface area is 159 Å². The lowest BCUT2D eigenvalue weighted by atomic mass is 10.0. The average molecular weight is 392 g/mol. The van der Waals surface area contributed by atoms with E-state index in [0.717, 1.165) is 41.4 Å². The molecule has 1 aliphatic carbocycles. The zero-order valence-electron chi connectivity index (χ0n) is 13.1. The number of anilines is 1. The van der Waals surface area contributed by atoms with Crippen molar-refractivity contribution < 1.29 is 4.79 Å². The fraction of sp³-hybridized carbons (Fsp3) is 0.158. The van der Waals surface area contributed by atoms with E-state index in [1.807, 2.05) is 6.07 Å². The number of pyridine rings is 1. The number of benzene rings is 2. The molecule has 126 valence electrons. The van der Waals surface area contributed by atoms with E-state index in [1.165, 1.54) is 0 Å². The second kappa shape index (κ2) is 6.49. The van der Waals surface area contributed by atoms with Gasteiger partial charge >= 0.3 is 0 Å². The standard InChI is InChI=1S/C19H13Cl3N2O/c20-10-4-7-17-13(8-10)18(12-2-1-3-16(12)24-17)19(25)23-11-5-6-14(21)15(22)9-11/h4-9H,1-3H2,(H,23,25). The molecule has 1 aliphatic rings. The fourth-order valence-electron chi connectivity index (χ4n) is 3.26. The molecule has 1 amide bonds. The highest BCUT2D eigenvalue weighted by atomic mass is 35.5. The van der Waals surface area contributed by atoms with Crippen LogP contribution >= 0.6 is 34.8 Å². The van der Waals surface area contributed by atoms with Gasteiger partial charge in [-0.2, -0.15) is 0 Å². The van der Waals surface area contributed by atoms with Crippen molar-refractivity contribution in [1.29, 1.82) is 0 Å². The van der Waals surface area contributed by atoms with Crippen molar-refractivity contribution in [3.05, 3.63) is 68.3 Å². The Morgan fingerprint density at radius 1 is 1.00 bits per heavy atom. The average Bonchev–Trinajstić information content (AvgIpc) is 3.03. The van der Waals surface area contributed by atoms with Crippen molar-refractivity contribution in [3.63, 3.8) is 0 Å². The normalized spacial score (nSPS) is 13.1.